The largest absolute Gasteiger partial charge is 0.465 e. The number of nitrogens with one attached hydrogen (secondary N) is 1. The minimum Gasteiger partial charge on any atom is -0.465 e. The van der Waals surface area contributed by atoms with Crippen molar-refractivity contribution in [3.63, 3.8) is 0 Å². The monoisotopic (exact) mass is 266 g/mol. The Morgan fingerprint density at radius 2 is 2.00 bits per heavy atom. The molecule has 0 radical (unpaired) electrons. The molecule has 0 aromatic carbocycles. The Labute approximate surface area is 108 Å². The van der Waals surface area contributed by atoms with Gasteiger partial charge in [0.1, 0.15) is 6.04 Å². The Morgan fingerprint density at radius 3 is 2.44 bits per heavy atom. The molecule has 1 atom stereocenters. The van der Waals surface area contributed by atoms with Gasteiger partial charge in [0.2, 0.25) is 0 Å². The first kappa shape index (κ1) is 17.2. The van der Waals surface area contributed by atoms with Crippen molar-refractivity contribution >= 4 is 5.97 Å². The van der Waals surface area contributed by atoms with Crippen LogP contribution in [0.25, 0.3) is 0 Å². The summed E-state index contributed by atoms with van der Waals surface area (Å²) in [6.45, 7) is 6.06. The van der Waals surface area contributed by atoms with Crippen LogP contribution in [0.5, 0.6) is 0 Å². The van der Waals surface area contributed by atoms with Crippen molar-refractivity contribution in [1.82, 2.24) is 10.2 Å². The number of nitrogens with zero attached hydrogens (tertiary/aromatic N) is 1. The average Bonchev–Trinajstić information content (AvgIpc) is 2.22. The van der Waals surface area contributed by atoms with Crippen molar-refractivity contribution in [3.05, 3.63) is 0 Å². The number of carbonyl (C=O) groups excluding carboxylic acids is 1. The molecule has 4 nitrogen and oxygen atoms in total. The number of ether oxygens (including phenoxy) is 1. The molecule has 0 saturated carbocycles. The second-order valence-corrected chi connectivity index (χ2v) is 4.57. The van der Waals surface area contributed by atoms with Crippen molar-refractivity contribution in [2.24, 2.45) is 0 Å². The van der Waals surface area contributed by atoms with Gasteiger partial charge in [0.05, 0.1) is 13.2 Å². The number of rotatable bonds is 9. The zero-order chi connectivity index (χ0) is 14.1. The van der Waals surface area contributed by atoms with Gasteiger partial charge in [0.25, 0.3) is 6.43 Å². The molecule has 0 heterocycles. The zero-order valence-corrected chi connectivity index (χ0v) is 11.6. The number of carbonyl (C=O) groups is 1. The SMILES string of the molecule is CCOC(=O)C(CCN(C)CC(F)F)NC(C)C. The van der Waals surface area contributed by atoms with E-state index >= 15 is 0 Å². The quantitative estimate of drug-likeness (QED) is 0.642. The highest BCUT2D eigenvalue weighted by Crippen LogP contribution is 2.02. The van der Waals surface area contributed by atoms with E-state index in [-0.39, 0.29) is 18.6 Å². The van der Waals surface area contributed by atoms with Crippen LogP contribution >= 0.6 is 0 Å². The molecular weight excluding hydrogens is 242 g/mol. The lowest BCUT2D eigenvalue weighted by Crippen LogP contribution is -2.44. The van der Waals surface area contributed by atoms with Crippen molar-refractivity contribution in [1.29, 1.82) is 0 Å². The zero-order valence-electron chi connectivity index (χ0n) is 11.6. The summed E-state index contributed by atoms with van der Waals surface area (Å²) in [5, 5.41) is 3.08. The molecule has 18 heavy (non-hydrogen) atoms. The fourth-order valence-electron chi connectivity index (χ4n) is 1.59. The number of alkyl halides is 2. The van der Waals surface area contributed by atoms with Crippen molar-refractivity contribution < 1.29 is 18.3 Å². The van der Waals surface area contributed by atoms with E-state index in [0.717, 1.165) is 0 Å². The summed E-state index contributed by atoms with van der Waals surface area (Å²) in [5.74, 6) is -0.323. The molecule has 1 N–H and O–H groups in total. The Morgan fingerprint density at radius 1 is 1.39 bits per heavy atom. The smallest absolute Gasteiger partial charge is 0.323 e. The molecule has 0 aromatic rings. The van der Waals surface area contributed by atoms with Gasteiger partial charge in [-0.1, -0.05) is 13.8 Å². The Balaban J connectivity index is 4.19. The molecule has 0 aliphatic rings. The minimum atomic E-state index is -2.35. The van der Waals surface area contributed by atoms with Crippen LogP contribution in [0.3, 0.4) is 0 Å². The predicted molar refractivity (Wildman–Crippen MR) is 66.8 cm³/mol. The topological polar surface area (TPSA) is 41.6 Å². The van der Waals surface area contributed by atoms with Crippen LogP contribution in [0, 0.1) is 0 Å². The summed E-state index contributed by atoms with van der Waals surface area (Å²) in [7, 11) is 1.61. The van der Waals surface area contributed by atoms with E-state index in [2.05, 4.69) is 5.32 Å². The standard InChI is InChI=1S/C12H24F2N2O2/c1-5-18-12(17)10(15-9(2)3)6-7-16(4)8-11(13)14/h9-11,15H,5-8H2,1-4H3. The van der Waals surface area contributed by atoms with Gasteiger partial charge >= 0.3 is 5.97 Å². The molecule has 6 heteroatoms. The van der Waals surface area contributed by atoms with Crippen molar-refractivity contribution in [2.45, 2.75) is 45.7 Å². The highest BCUT2D eigenvalue weighted by atomic mass is 19.3. The number of halogens is 2. The number of esters is 1. The second kappa shape index (κ2) is 9.22. The van der Waals surface area contributed by atoms with Gasteiger partial charge in [0, 0.05) is 12.6 Å². The summed E-state index contributed by atoms with van der Waals surface area (Å²) in [6, 6.07) is -0.301. The molecule has 1 unspecified atom stereocenters. The lowest BCUT2D eigenvalue weighted by molar-refractivity contribution is -0.146. The van der Waals surface area contributed by atoms with Gasteiger partial charge in [-0.15, -0.1) is 0 Å². The molecule has 0 amide bonds. The van der Waals surface area contributed by atoms with Crippen LogP contribution in [0.1, 0.15) is 27.2 Å². The van der Waals surface area contributed by atoms with Gasteiger partial charge in [-0.05, 0) is 20.4 Å². The summed E-state index contributed by atoms with van der Waals surface area (Å²) in [6.07, 6.45) is -1.89. The van der Waals surface area contributed by atoms with Crippen LogP contribution in [-0.2, 0) is 9.53 Å². The Hall–Kier alpha value is -0.750. The van der Waals surface area contributed by atoms with Gasteiger partial charge in [0.15, 0.2) is 0 Å². The van der Waals surface area contributed by atoms with E-state index in [1.165, 1.54) is 4.90 Å². The van der Waals surface area contributed by atoms with Crippen LogP contribution < -0.4 is 5.32 Å². The Kier molecular flexibility index (Phi) is 8.83. The maximum Gasteiger partial charge on any atom is 0.323 e. The van der Waals surface area contributed by atoms with Crippen molar-refractivity contribution in [3.8, 4) is 0 Å². The molecule has 0 fully saturated rings. The van der Waals surface area contributed by atoms with Crippen LogP contribution in [0.15, 0.2) is 0 Å². The summed E-state index contributed by atoms with van der Waals surface area (Å²) >= 11 is 0. The molecule has 0 saturated heterocycles. The molecule has 0 rings (SSSR count). The summed E-state index contributed by atoms with van der Waals surface area (Å²) in [4.78, 5) is 13.2. The number of hydrogen-bond acceptors (Lipinski definition) is 4. The third kappa shape index (κ3) is 8.36. The van der Waals surface area contributed by atoms with Crippen LogP contribution in [0.4, 0.5) is 8.78 Å². The maximum atomic E-state index is 12.2. The van der Waals surface area contributed by atoms with E-state index in [4.69, 9.17) is 4.74 Å². The molecule has 0 aliphatic heterocycles. The molecule has 0 spiro atoms. The maximum absolute atomic E-state index is 12.2. The fraction of sp³-hybridized carbons (Fsp3) is 0.917. The van der Waals surface area contributed by atoms with E-state index in [0.29, 0.717) is 19.6 Å². The van der Waals surface area contributed by atoms with E-state index < -0.39 is 12.5 Å². The van der Waals surface area contributed by atoms with Gasteiger partial charge in [-0.3, -0.25) is 4.79 Å². The van der Waals surface area contributed by atoms with E-state index in [9.17, 15) is 13.6 Å². The van der Waals surface area contributed by atoms with Crippen molar-refractivity contribution in [2.75, 3.05) is 26.7 Å². The van der Waals surface area contributed by atoms with Gasteiger partial charge < -0.3 is 15.0 Å². The summed E-state index contributed by atoms with van der Waals surface area (Å²) in [5.41, 5.74) is 0. The van der Waals surface area contributed by atoms with Gasteiger partial charge in [-0.2, -0.15) is 0 Å². The number of hydrogen-bond donors (Lipinski definition) is 1. The van der Waals surface area contributed by atoms with E-state index in [1.54, 1.807) is 14.0 Å². The summed E-state index contributed by atoms with van der Waals surface area (Å²) < 4.78 is 29.3. The van der Waals surface area contributed by atoms with Crippen LogP contribution in [0.2, 0.25) is 0 Å². The molecule has 0 bridgehead atoms. The molecule has 0 aliphatic carbocycles. The first-order chi connectivity index (χ1) is 8.36. The first-order valence-electron chi connectivity index (χ1n) is 6.26. The minimum absolute atomic E-state index is 0.139. The van der Waals surface area contributed by atoms with Gasteiger partial charge in [-0.25, -0.2) is 8.78 Å². The van der Waals surface area contributed by atoms with Crippen LogP contribution in [-0.4, -0.2) is 56.1 Å². The second-order valence-electron chi connectivity index (χ2n) is 4.57. The molecule has 108 valence electrons. The third-order valence-corrected chi connectivity index (χ3v) is 2.35. The normalized spacial score (nSPS) is 13.4. The predicted octanol–water partition coefficient (Wildman–Crippen LogP) is 1.50. The third-order valence-electron chi connectivity index (χ3n) is 2.35. The lowest BCUT2D eigenvalue weighted by Gasteiger charge is -2.22. The molecule has 0 aromatic heterocycles. The Bertz CT molecular complexity index is 238. The van der Waals surface area contributed by atoms with E-state index in [1.807, 2.05) is 13.8 Å². The highest BCUT2D eigenvalue weighted by Gasteiger charge is 2.21. The molecular formula is C12H24F2N2O2. The average molecular weight is 266 g/mol. The lowest BCUT2D eigenvalue weighted by atomic mass is 10.1. The highest BCUT2D eigenvalue weighted by molar-refractivity contribution is 5.75. The first-order valence-corrected chi connectivity index (χ1v) is 6.26. The fourth-order valence-corrected chi connectivity index (χ4v) is 1.59.